The van der Waals surface area contributed by atoms with Gasteiger partial charge in [-0.3, -0.25) is 4.99 Å². The first-order chi connectivity index (χ1) is 13.0. The Balaban J connectivity index is 1.71. The van der Waals surface area contributed by atoms with Gasteiger partial charge in [-0.15, -0.1) is 0 Å². The summed E-state index contributed by atoms with van der Waals surface area (Å²) < 4.78 is 32.1. The van der Waals surface area contributed by atoms with E-state index in [1.54, 1.807) is 7.05 Å². The molecule has 8 nitrogen and oxygen atoms in total. The number of sulfonamides is 1. The number of hydrogen-bond donors (Lipinski definition) is 3. The zero-order chi connectivity index (χ0) is 19.7. The fraction of sp³-hybridized carbons (Fsp3) is 0.778. The van der Waals surface area contributed by atoms with Gasteiger partial charge < -0.3 is 15.2 Å². The van der Waals surface area contributed by atoms with E-state index in [-0.39, 0.29) is 12.3 Å². The molecule has 1 aliphatic carbocycles. The van der Waals surface area contributed by atoms with Crippen molar-refractivity contribution < 1.29 is 12.9 Å². The molecule has 154 valence electrons. The molecule has 1 aromatic heterocycles. The fourth-order valence-corrected chi connectivity index (χ4v) is 4.03. The Labute approximate surface area is 162 Å². The number of aromatic nitrogens is 1. The second-order valence-electron chi connectivity index (χ2n) is 7.05. The van der Waals surface area contributed by atoms with Crippen LogP contribution in [0.3, 0.4) is 0 Å². The molecule has 0 unspecified atom stereocenters. The monoisotopic (exact) mass is 399 g/mol. The molecule has 3 N–H and O–H groups in total. The largest absolute Gasteiger partial charge is 0.359 e. The van der Waals surface area contributed by atoms with Crippen molar-refractivity contribution in [2.45, 2.75) is 58.4 Å². The molecule has 1 aliphatic rings. The molecule has 1 heterocycles. The molecule has 1 saturated carbocycles. The van der Waals surface area contributed by atoms with Gasteiger partial charge in [0.2, 0.25) is 10.0 Å². The third kappa shape index (κ3) is 7.14. The Kier molecular flexibility index (Phi) is 8.56. The molecular weight excluding hydrogens is 366 g/mol. The van der Waals surface area contributed by atoms with Crippen molar-refractivity contribution >= 4 is 16.0 Å². The number of rotatable bonds is 11. The maximum atomic E-state index is 12.0. The lowest BCUT2D eigenvalue weighted by Gasteiger charge is -2.25. The van der Waals surface area contributed by atoms with Gasteiger partial charge >= 0.3 is 0 Å². The van der Waals surface area contributed by atoms with Crippen molar-refractivity contribution in [1.29, 1.82) is 0 Å². The van der Waals surface area contributed by atoms with Crippen molar-refractivity contribution in [1.82, 2.24) is 20.5 Å². The average molecular weight is 400 g/mol. The van der Waals surface area contributed by atoms with Crippen LogP contribution in [-0.4, -0.2) is 45.4 Å². The first-order valence-corrected chi connectivity index (χ1v) is 11.5. The van der Waals surface area contributed by atoms with Crippen molar-refractivity contribution in [2.75, 3.05) is 25.9 Å². The van der Waals surface area contributed by atoms with Crippen LogP contribution in [0.4, 0.5) is 0 Å². The Bertz CT molecular complexity index is 694. The van der Waals surface area contributed by atoms with Crippen molar-refractivity contribution in [3.8, 4) is 0 Å². The van der Waals surface area contributed by atoms with E-state index in [0.717, 1.165) is 37.1 Å². The Morgan fingerprint density at radius 2 is 2.07 bits per heavy atom. The lowest BCUT2D eigenvalue weighted by atomic mass is 9.86. The first-order valence-electron chi connectivity index (χ1n) is 9.84. The molecule has 0 amide bonds. The van der Waals surface area contributed by atoms with Gasteiger partial charge in [-0.05, 0) is 31.6 Å². The van der Waals surface area contributed by atoms with Gasteiger partial charge in [0, 0.05) is 32.1 Å². The number of hydrogen-bond acceptors (Lipinski definition) is 5. The van der Waals surface area contributed by atoms with E-state index in [4.69, 9.17) is 4.52 Å². The van der Waals surface area contributed by atoms with Crippen molar-refractivity contribution in [3.05, 3.63) is 17.5 Å². The van der Waals surface area contributed by atoms with Gasteiger partial charge in [-0.1, -0.05) is 25.4 Å². The van der Waals surface area contributed by atoms with Gasteiger partial charge in [0.05, 0.1) is 18.0 Å². The molecule has 0 aliphatic heterocycles. The van der Waals surface area contributed by atoms with Crippen LogP contribution in [0.25, 0.3) is 0 Å². The van der Waals surface area contributed by atoms with E-state index in [0.29, 0.717) is 30.9 Å². The van der Waals surface area contributed by atoms with Gasteiger partial charge in [0.15, 0.2) is 11.7 Å². The number of guanidine groups is 1. The SMILES string of the molecule is CCC(CC)c1cc(CNC(=NC)NCCS(=O)(=O)NCC2CCC2)on1. The van der Waals surface area contributed by atoms with E-state index in [9.17, 15) is 8.42 Å². The minimum absolute atomic E-state index is 0.0154. The van der Waals surface area contributed by atoms with Gasteiger partial charge in [0.25, 0.3) is 0 Å². The van der Waals surface area contributed by atoms with Crippen LogP contribution in [-0.2, 0) is 16.6 Å². The van der Waals surface area contributed by atoms with E-state index in [2.05, 4.69) is 39.4 Å². The summed E-state index contributed by atoms with van der Waals surface area (Å²) in [5.74, 6) is 2.20. The van der Waals surface area contributed by atoms with E-state index >= 15 is 0 Å². The van der Waals surface area contributed by atoms with Crippen LogP contribution in [0.5, 0.6) is 0 Å². The molecule has 1 aromatic rings. The molecular formula is C18H33N5O3S. The molecule has 0 atom stereocenters. The number of nitrogens with one attached hydrogen (secondary N) is 3. The standard InChI is InChI=1S/C18H33N5O3S/c1-4-15(5-2)17-11-16(26-23-17)13-21-18(19-3)20-9-10-27(24,25)22-12-14-7-6-8-14/h11,14-15,22H,4-10,12-13H2,1-3H3,(H2,19,20,21). The maximum absolute atomic E-state index is 12.0. The summed E-state index contributed by atoms with van der Waals surface area (Å²) in [4.78, 5) is 4.11. The molecule has 27 heavy (non-hydrogen) atoms. The lowest BCUT2D eigenvalue weighted by Crippen LogP contribution is -2.41. The smallest absolute Gasteiger partial charge is 0.213 e. The highest BCUT2D eigenvalue weighted by atomic mass is 32.2. The summed E-state index contributed by atoms with van der Waals surface area (Å²) in [6.45, 7) is 5.57. The minimum Gasteiger partial charge on any atom is -0.359 e. The summed E-state index contributed by atoms with van der Waals surface area (Å²) in [6, 6.07) is 1.97. The van der Waals surface area contributed by atoms with E-state index in [1.165, 1.54) is 6.42 Å². The lowest BCUT2D eigenvalue weighted by molar-refractivity contribution is 0.316. The second kappa shape index (κ2) is 10.7. The summed E-state index contributed by atoms with van der Waals surface area (Å²) in [5, 5.41) is 10.3. The van der Waals surface area contributed by atoms with Crippen LogP contribution in [0.15, 0.2) is 15.6 Å². The highest BCUT2D eigenvalue weighted by molar-refractivity contribution is 7.89. The fourth-order valence-electron chi connectivity index (χ4n) is 3.02. The quantitative estimate of drug-likeness (QED) is 0.388. The summed E-state index contributed by atoms with van der Waals surface area (Å²) in [7, 11) is -1.61. The molecule has 9 heteroatoms. The van der Waals surface area contributed by atoms with Crippen LogP contribution in [0.2, 0.25) is 0 Å². The van der Waals surface area contributed by atoms with E-state index in [1.807, 2.05) is 6.07 Å². The molecule has 0 radical (unpaired) electrons. The van der Waals surface area contributed by atoms with Crippen molar-refractivity contribution in [2.24, 2.45) is 10.9 Å². The Morgan fingerprint density at radius 3 is 2.67 bits per heavy atom. The summed E-state index contributed by atoms with van der Waals surface area (Å²) >= 11 is 0. The van der Waals surface area contributed by atoms with Crippen LogP contribution < -0.4 is 15.4 Å². The molecule has 0 bridgehead atoms. The van der Waals surface area contributed by atoms with E-state index < -0.39 is 10.0 Å². The van der Waals surface area contributed by atoms with Crippen molar-refractivity contribution in [3.63, 3.8) is 0 Å². The topological polar surface area (TPSA) is 109 Å². The third-order valence-electron chi connectivity index (χ3n) is 5.11. The maximum Gasteiger partial charge on any atom is 0.213 e. The van der Waals surface area contributed by atoms with Gasteiger partial charge in [-0.25, -0.2) is 13.1 Å². The van der Waals surface area contributed by atoms with Crippen LogP contribution in [0.1, 0.15) is 63.3 Å². The minimum atomic E-state index is -3.26. The molecule has 0 saturated heterocycles. The highest BCUT2D eigenvalue weighted by Gasteiger charge is 2.20. The first kappa shape index (κ1) is 21.7. The molecule has 1 fully saturated rings. The normalized spacial score (nSPS) is 15.8. The predicted octanol–water partition coefficient (Wildman–Crippen LogP) is 1.96. The van der Waals surface area contributed by atoms with Crippen LogP contribution >= 0.6 is 0 Å². The molecule has 2 rings (SSSR count). The summed E-state index contributed by atoms with van der Waals surface area (Å²) in [5.41, 5.74) is 0.975. The zero-order valence-corrected chi connectivity index (χ0v) is 17.4. The Morgan fingerprint density at radius 1 is 1.33 bits per heavy atom. The highest BCUT2D eigenvalue weighted by Crippen LogP contribution is 2.25. The zero-order valence-electron chi connectivity index (χ0n) is 16.6. The number of aliphatic imine (C=N–C) groups is 1. The van der Waals surface area contributed by atoms with Gasteiger partial charge in [-0.2, -0.15) is 0 Å². The Hall–Kier alpha value is -1.61. The average Bonchev–Trinajstić information content (AvgIpc) is 3.06. The second-order valence-corrected chi connectivity index (χ2v) is 8.97. The molecule has 0 aromatic carbocycles. The molecule has 0 spiro atoms. The summed E-state index contributed by atoms with van der Waals surface area (Å²) in [6.07, 6.45) is 5.51. The third-order valence-corrected chi connectivity index (χ3v) is 6.46. The number of nitrogens with zero attached hydrogens (tertiary/aromatic N) is 2. The predicted molar refractivity (Wildman–Crippen MR) is 107 cm³/mol. The van der Waals surface area contributed by atoms with Gasteiger partial charge in [0.1, 0.15) is 0 Å². The van der Waals surface area contributed by atoms with Crippen LogP contribution in [0, 0.1) is 5.92 Å².